The highest BCUT2D eigenvalue weighted by molar-refractivity contribution is 7.90. The van der Waals surface area contributed by atoms with Gasteiger partial charge in [-0.15, -0.1) is 0 Å². The van der Waals surface area contributed by atoms with E-state index in [-0.39, 0.29) is 12.5 Å². The SMILES string of the molecule is Cc1c(C(=O)N[C@H](C(=O)OCc2ccc([S+](C)[O-])cc2)C(C)C)ccc2c1B(O)OC2. The Labute approximate surface area is 185 Å². The Morgan fingerprint density at radius 1 is 1.26 bits per heavy atom. The van der Waals surface area contributed by atoms with E-state index in [1.54, 1.807) is 49.6 Å². The van der Waals surface area contributed by atoms with Gasteiger partial charge in [0.05, 0.1) is 6.61 Å². The standard InChI is InChI=1S/C22H26BNO6S/c1-13(2)20(22(26)29-11-15-5-8-17(9-6-15)31(4)28)24-21(25)18-10-7-16-12-30-23(27)19(16)14(18)3/h5-10,13,20,27H,11-12H2,1-4H3,(H,24,25)/t20-,31?/m0/s1. The number of amides is 1. The molecule has 0 saturated carbocycles. The summed E-state index contributed by atoms with van der Waals surface area (Å²) in [5.41, 5.74) is 3.22. The molecule has 0 fully saturated rings. The van der Waals surface area contributed by atoms with Crippen LogP contribution in [0.2, 0.25) is 0 Å². The summed E-state index contributed by atoms with van der Waals surface area (Å²) in [4.78, 5) is 26.3. The fraction of sp³-hybridized carbons (Fsp3) is 0.364. The summed E-state index contributed by atoms with van der Waals surface area (Å²) in [7, 11) is -1.05. The van der Waals surface area contributed by atoms with Crippen molar-refractivity contribution in [1.82, 2.24) is 5.32 Å². The first-order valence-electron chi connectivity index (χ1n) is 10.0. The van der Waals surface area contributed by atoms with E-state index in [0.29, 0.717) is 28.1 Å². The summed E-state index contributed by atoms with van der Waals surface area (Å²) in [6.07, 6.45) is 1.60. The van der Waals surface area contributed by atoms with E-state index >= 15 is 0 Å². The monoisotopic (exact) mass is 443 g/mol. The number of hydrogen-bond donors (Lipinski definition) is 2. The maximum atomic E-state index is 12.9. The van der Waals surface area contributed by atoms with Crippen molar-refractivity contribution in [3.63, 3.8) is 0 Å². The second kappa shape index (κ2) is 9.87. The highest BCUT2D eigenvalue weighted by atomic mass is 32.2. The van der Waals surface area contributed by atoms with Crippen LogP contribution in [0.25, 0.3) is 0 Å². The number of esters is 1. The van der Waals surface area contributed by atoms with Crippen LogP contribution in [-0.2, 0) is 38.6 Å². The van der Waals surface area contributed by atoms with Crippen LogP contribution in [0.1, 0.15) is 40.9 Å². The molecular weight excluding hydrogens is 417 g/mol. The third-order valence-electron chi connectivity index (χ3n) is 5.34. The van der Waals surface area contributed by atoms with Gasteiger partial charge in [0.1, 0.15) is 18.9 Å². The average molecular weight is 443 g/mol. The number of fused-ring (bicyclic) bond motifs is 1. The Balaban J connectivity index is 1.67. The van der Waals surface area contributed by atoms with Crippen LogP contribution in [0.5, 0.6) is 0 Å². The number of hydrogen-bond acceptors (Lipinski definition) is 6. The molecule has 1 heterocycles. The smallest absolute Gasteiger partial charge is 0.492 e. The molecule has 1 amide bonds. The van der Waals surface area contributed by atoms with Gasteiger partial charge < -0.3 is 24.3 Å². The molecule has 0 spiro atoms. The summed E-state index contributed by atoms with van der Waals surface area (Å²) in [6.45, 7) is 5.75. The molecule has 0 bridgehead atoms. The fourth-order valence-electron chi connectivity index (χ4n) is 3.49. The van der Waals surface area contributed by atoms with Crippen LogP contribution in [0.3, 0.4) is 0 Å². The van der Waals surface area contributed by atoms with Crippen molar-refractivity contribution in [3.05, 3.63) is 58.7 Å². The molecule has 0 radical (unpaired) electrons. The van der Waals surface area contributed by atoms with Gasteiger partial charge in [-0.1, -0.05) is 32.0 Å². The molecule has 2 aromatic rings. The average Bonchev–Trinajstić information content (AvgIpc) is 3.12. The van der Waals surface area contributed by atoms with Crippen LogP contribution in [0.4, 0.5) is 0 Å². The van der Waals surface area contributed by atoms with Crippen molar-refractivity contribution in [2.24, 2.45) is 5.92 Å². The molecule has 31 heavy (non-hydrogen) atoms. The minimum absolute atomic E-state index is 0.0515. The molecule has 164 valence electrons. The normalized spacial score (nSPS) is 14.9. The third-order valence-corrected chi connectivity index (χ3v) is 6.27. The number of rotatable bonds is 7. The Kier molecular flexibility index (Phi) is 7.43. The molecule has 9 heteroatoms. The fourth-order valence-corrected chi connectivity index (χ4v) is 4.01. The molecule has 1 aliphatic rings. The van der Waals surface area contributed by atoms with Crippen LogP contribution >= 0.6 is 0 Å². The zero-order valence-electron chi connectivity index (χ0n) is 18.0. The second-order valence-corrected chi connectivity index (χ2v) is 9.25. The van der Waals surface area contributed by atoms with Crippen LogP contribution in [-0.4, -0.2) is 40.9 Å². The molecule has 0 saturated heterocycles. The molecule has 1 aliphatic heterocycles. The lowest BCUT2D eigenvalue weighted by Crippen LogP contribution is -2.46. The molecule has 2 aromatic carbocycles. The summed E-state index contributed by atoms with van der Waals surface area (Å²) in [5.74, 6) is -1.14. The molecule has 2 N–H and O–H groups in total. The zero-order chi connectivity index (χ0) is 22.7. The third kappa shape index (κ3) is 5.30. The zero-order valence-corrected chi connectivity index (χ0v) is 18.8. The topological polar surface area (TPSA) is 108 Å². The first kappa shape index (κ1) is 23.3. The van der Waals surface area contributed by atoms with E-state index in [9.17, 15) is 19.2 Å². The van der Waals surface area contributed by atoms with E-state index in [2.05, 4.69) is 5.32 Å². The number of carbonyl (C=O) groups excluding carboxylic acids is 2. The number of ether oxygens (including phenoxy) is 1. The Morgan fingerprint density at radius 3 is 2.55 bits per heavy atom. The Bertz CT molecular complexity index is 963. The van der Waals surface area contributed by atoms with Gasteiger partial charge in [-0.3, -0.25) is 4.79 Å². The van der Waals surface area contributed by atoms with Gasteiger partial charge in [0.25, 0.3) is 5.91 Å². The highest BCUT2D eigenvalue weighted by Gasteiger charge is 2.32. The number of nitrogens with one attached hydrogen (secondary N) is 1. The van der Waals surface area contributed by atoms with Gasteiger partial charge in [0, 0.05) is 5.56 Å². The molecule has 0 aromatic heterocycles. The van der Waals surface area contributed by atoms with E-state index in [1.165, 1.54) is 0 Å². The lowest BCUT2D eigenvalue weighted by atomic mass is 9.75. The van der Waals surface area contributed by atoms with E-state index in [1.807, 2.05) is 13.8 Å². The van der Waals surface area contributed by atoms with Gasteiger partial charge in [-0.05, 0) is 64.4 Å². The maximum Gasteiger partial charge on any atom is 0.492 e. The summed E-state index contributed by atoms with van der Waals surface area (Å²) < 4.78 is 22.1. The maximum absolute atomic E-state index is 12.9. The summed E-state index contributed by atoms with van der Waals surface area (Å²) >= 11 is -1.07. The van der Waals surface area contributed by atoms with Gasteiger partial charge in [0.15, 0.2) is 4.90 Å². The summed E-state index contributed by atoms with van der Waals surface area (Å²) in [5, 5.41) is 12.8. The van der Waals surface area contributed by atoms with Crippen LogP contribution in [0.15, 0.2) is 41.3 Å². The van der Waals surface area contributed by atoms with Gasteiger partial charge in [0.2, 0.25) is 0 Å². The Hall–Kier alpha value is -2.33. The molecule has 1 unspecified atom stereocenters. The Morgan fingerprint density at radius 2 is 1.94 bits per heavy atom. The van der Waals surface area contributed by atoms with Crippen molar-refractivity contribution in [3.8, 4) is 0 Å². The first-order valence-corrected chi connectivity index (χ1v) is 11.6. The summed E-state index contributed by atoms with van der Waals surface area (Å²) in [6, 6.07) is 9.58. The lowest BCUT2D eigenvalue weighted by Gasteiger charge is -2.22. The van der Waals surface area contributed by atoms with E-state index < -0.39 is 36.2 Å². The van der Waals surface area contributed by atoms with Crippen molar-refractivity contribution in [2.75, 3.05) is 6.26 Å². The minimum Gasteiger partial charge on any atom is -0.612 e. The van der Waals surface area contributed by atoms with Crippen molar-refractivity contribution >= 4 is 35.6 Å². The van der Waals surface area contributed by atoms with E-state index in [4.69, 9.17) is 9.39 Å². The molecule has 3 rings (SSSR count). The predicted molar refractivity (Wildman–Crippen MR) is 118 cm³/mol. The molecular formula is C22H26BNO6S. The van der Waals surface area contributed by atoms with Crippen LogP contribution < -0.4 is 10.8 Å². The first-order chi connectivity index (χ1) is 14.7. The highest BCUT2D eigenvalue weighted by Crippen LogP contribution is 2.17. The number of benzene rings is 2. The quantitative estimate of drug-likeness (QED) is 0.381. The van der Waals surface area contributed by atoms with Crippen molar-refractivity contribution in [2.45, 2.75) is 44.9 Å². The number of carbonyl (C=O) groups is 2. The van der Waals surface area contributed by atoms with Crippen LogP contribution in [0, 0.1) is 12.8 Å². The second-order valence-electron chi connectivity index (χ2n) is 7.88. The van der Waals surface area contributed by atoms with Gasteiger partial charge >= 0.3 is 13.1 Å². The predicted octanol–water partition coefficient (Wildman–Crippen LogP) is 1.45. The largest absolute Gasteiger partial charge is 0.612 e. The van der Waals surface area contributed by atoms with Gasteiger partial charge in [-0.2, -0.15) is 0 Å². The molecule has 0 aliphatic carbocycles. The van der Waals surface area contributed by atoms with Gasteiger partial charge in [-0.25, -0.2) is 4.79 Å². The van der Waals surface area contributed by atoms with Crippen molar-refractivity contribution in [1.29, 1.82) is 0 Å². The van der Waals surface area contributed by atoms with Crippen molar-refractivity contribution < 1.29 is 28.6 Å². The minimum atomic E-state index is -1.07. The van der Waals surface area contributed by atoms with E-state index in [0.717, 1.165) is 11.1 Å². The lowest BCUT2D eigenvalue weighted by molar-refractivity contribution is -0.148. The molecule has 7 nitrogen and oxygen atoms in total. The molecule has 2 atom stereocenters.